The van der Waals surface area contributed by atoms with Crippen molar-refractivity contribution in [2.45, 2.75) is 13.2 Å². The van der Waals surface area contributed by atoms with E-state index in [-0.39, 0.29) is 36.0 Å². The van der Waals surface area contributed by atoms with Gasteiger partial charge in [0.15, 0.2) is 0 Å². The first-order chi connectivity index (χ1) is 16.4. The summed E-state index contributed by atoms with van der Waals surface area (Å²) >= 11 is 0. The topological polar surface area (TPSA) is 97.1 Å². The molecule has 0 saturated carbocycles. The molecule has 3 aromatic carbocycles. The van der Waals surface area contributed by atoms with Crippen LogP contribution in [0, 0.1) is 15.9 Å². The van der Waals surface area contributed by atoms with E-state index >= 15 is 0 Å². The van der Waals surface area contributed by atoms with Crippen molar-refractivity contribution >= 4 is 17.2 Å². The zero-order chi connectivity index (χ0) is 24.5. The van der Waals surface area contributed by atoms with Gasteiger partial charge in [-0.3, -0.25) is 10.1 Å². The number of hydrogen-bond acceptors (Lipinski definition) is 7. The molecule has 0 spiro atoms. The molecule has 0 amide bonds. The van der Waals surface area contributed by atoms with Gasteiger partial charge in [-0.1, -0.05) is 24.3 Å². The fourth-order valence-corrected chi connectivity index (χ4v) is 3.10. The number of non-ortho nitro benzene ring substituents is 1. The Bertz CT molecular complexity index is 1190. The molecule has 34 heavy (non-hydrogen) atoms. The zero-order valence-corrected chi connectivity index (χ0v) is 18.5. The summed E-state index contributed by atoms with van der Waals surface area (Å²) in [4.78, 5) is 22.4. The fourth-order valence-electron chi connectivity index (χ4n) is 3.10. The molecule has 0 atom stereocenters. The van der Waals surface area contributed by atoms with E-state index in [0.29, 0.717) is 16.7 Å². The Labute approximate surface area is 195 Å². The molecular weight excluding hydrogens is 445 g/mol. The zero-order valence-electron chi connectivity index (χ0n) is 18.5. The predicted octanol–water partition coefficient (Wildman–Crippen LogP) is 5.05. The molecule has 0 aromatic heterocycles. The minimum Gasteiger partial charge on any atom is -0.503 e. The van der Waals surface area contributed by atoms with Crippen molar-refractivity contribution in [3.63, 3.8) is 0 Å². The number of methoxy groups -OCH3 is 2. The summed E-state index contributed by atoms with van der Waals surface area (Å²) in [6.07, 6.45) is 1.29. The Morgan fingerprint density at radius 1 is 0.971 bits per heavy atom. The van der Waals surface area contributed by atoms with E-state index in [2.05, 4.69) is 0 Å². The van der Waals surface area contributed by atoms with Crippen molar-refractivity contribution in [3.8, 4) is 11.5 Å². The van der Waals surface area contributed by atoms with Crippen LogP contribution in [-0.2, 0) is 27.5 Å². The Morgan fingerprint density at radius 3 is 2.24 bits per heavy atom. The number of carbonyl (C=O) groups excluding carboxylic acids is 1. The molecule has 0 radical (unpaired) electrons. The number of rotatable bonds is 10. The summed E-state index contributed by atoms with van der Waals surface area (Å²) in [5.74, 6) is -0.666. The van der Waals surface area contributed by atoms with E-state index in [9.17, 15) is 19.3 Å². The van der Waals surface area contributed by atoms with Crippen molar-refractivity contribution in [2.75, 3.05) is 14.2 Å². The summed E-state index contributed by atoms with van der Waals surface area (Å²) in [6.45, 7) is 0.132. The first kappa shape index (κ1) is 24.2. The first-order valence-corrected chi connectivity index (χ1v) is 10.1. The van der Waals surface area contributed by atoms with Crippen molar-refractivity contribution in [1.29, 1.82) is 0 Å². The molecule has 0 bridgehead atoms. The molecule has 0 saturated heterocycles. The third kappa shape index (κ3) is 6.32. The SMILES string of the molecule is COC=C(C(=O)OC)c1ccccc1COc1cc(F)cc(OCc2ccc([N+](=O)[O-])cc2)c1. The van der Waals surface area contributed by atoms with Crippen LogP contribution < -0.4 is 9.47 Å². The van der Waals surface area contributed by atoms with Gasteiger partial charge in [0.05, 0.1) is 25.4 Å². The van der Waals surface area contributed by atoms with Crippen LogP contribution in [0.4, 0.5) is 10.1 Å². The second-order valence-corrected chi connectivity index (χ2v) is 7.04. The molecule has 0 unspecified atom stereocenters. The average Bonchev–Trinajstić information content (AvgIpc) is 2.84. The molecule has 8 nitrogen and oxygen atoms in total. The molecule has 0 N–H and O–H groups in total. The molecule has 0 aliphatic rings. The summed E-state index contributed by atoms with van der Waals surface area (Å²) in [5.41, 5.74) is 2.10. The van der Waals surface area contributed by atoms with Gasteiger partial charge in [0.25, 0.3) is 5.69 Å². The molecule has 0 aliphatic heterocycles. The van der Waals surface area contributed by atoms with Crippen molar-refractivity contribution in [1.82, 2.24) is 0 Å². The number of nitrogens with zero attached hydrogens (tertiary/aromatic N) is 1. The minimum absolute atomic E-state index is 0.0267. The number of benzene rings is 3. The summed E-state index contributed by atoms with van der Waals surface area (Å²) in [5, 5.41) is 10.8. The van der Waals surface area contributed by atoms with E-state index in [1.54, 1.807) is 36.4 Å². The van der Waals surface area contributed by atoms with Crippen LogP contribution in [-0.4, -0.2) is 25.1 Å². The maximum atomic E-state index is 14.2. The largest absolute Gasteiger partial charge is 0.503 e. The lowest BCUT2D eigenvalue weighted by Crippen LogP contribution is -2.08. The Kier molecular flexibility index (Phi) is 8.17. The molecule has 3 rings (SSSR count). The van der Waals surface area contributed by atoms with Gasteiger partial charge >= 0.3 is 5.97 Å². The van der Waals surface area contributed by atoms with Gasteiger partial charge in [-0.2, -0.15) is 0 Å². The maximum Gasteiger partial charge on any atom is 0.341 e. The molecule has 176 valence electrons. The van der Waals surface area contributed by atoms with Crippen molar-refractivity contribution in [2.24, 2.45) is 0 Å². The van der Waals surface area contributed by atoms with Crippen LogP contribution in [0.5, 0.6) is 11.5 Å². The number of ether oxygens (including phenoxy) is 4. The standard InChI is InChI=1S/C25H22FNO7/c1-31-16-24(25(28)32-2)23-6-4-3-5-18(23)15-34-22-12-19(26)11-21(13-22)33-14-17-7-9-20(10-8-17)27(29)30/h3-13,16H,14-15H2,1-2H3. The number of nitro benzene ring substituents is 1. The highest BCUT2D eigenvalue weighted by atomic mass is 19.1. The van der Waals surface area contributed by atoms with Gasteiger partial charge in [0.1, 0.15) is 36.1 Å². The number of hydrogen-bond donors (Lipinski definition) is 0. The van der Waals surface area contributed by atoms with Gasteiger partial charge in [-0.25, -0.2) is 9.18 Å². The van der Waals surface area contributed by atoms with Gasteiger partial charge in [0, 0.05) is 30.3 Å². The average molecular weight is 467 g/mol. The number of nitro groups is 1. The smallest absolute Gasteiger partial charge is 0.341 e. The van der Waals surface area contributed by atoms with Crippen molar-refractivity contribution in [3.05, 3.63) is 106 Å². The lowest BCUT2D eigenvalue weighted by Gasteiger charge is -2.14. The van der Waals surface area contributed by atoms with E-state index in [4.69, 9.17) is 18.9 Å². The lowest BCUT2D eigenvalue weighted by molar-refractivity contribution is -0.384. The highest BCUT2D eigenvalue weighted by molar-refractivity contribution is 6.16. The Hall–Kier alpha value is -4.40. The minimum atomic E-state index is -0.568. The molecule has 0 aliphatic carbocycles. The molecule has 0 heterocycles. The van der Waals surface area contributed by atoms with Crippen LogP contribution in [0.2, 0.25) is 0 Å². The van der Waals surface area contributed by atoms with E-state index < -0.39 is 16.7 Å². The quantitative estimate of drug-likeness (QED) is 0.135. The summed E-state index contributed by atoms with van der Waals surface area (Å²) < 4.78 is 35.4. The Morgan fingerprint density at radius 2 is 1.62 bits per heavy atom. The van der Waals surface area contributed by atoms with Crippen LogP contribution in [0.25, 0.3) is 5.57 Å². The van der Waals surface area contributed by atoms with E-state index in [0.717, 1.165) is 0 Å². The normalized spacial score (nSPS) is 11.0. The van der Waals surface area contributed by atoms with Gasteiger partial charge in [0.2, 0.25) is 0 Å². The highest BCUT2D eigenvalue weighted by Crippen LogP contribution is 2.26. The summed E-state index contributed by atoms with van der Waals surface area (Å²) in [6, 6.07) is 16.9. The highest BCUT2D eigenvalue weighted by Gasteiger charge is 2.17. The van der Waals surface area contributed by atoms with Gasteiger partial charge in [-0.15, -0.1) is 0 Å². The Balaban J connectivity index is 1.72. The molecule has 0 fully saturated rings. The number of esters is 1. The molecule has 3 aromatic rings. The van der Waals surface area contributed by atoms with Crippen LogP contribution >= 0.6 is 0 Å². The molecular formula is C25H22FNO7. The van der Waals surface area contributed by atoms with E-state index in [1.807, 2.05) is 0 Å². The third-order valence-corrected chi connectivity index (χ3v) is 4.74. The van der Waals surface area contributed by atoms with Crippen molar-refractivity contribution < 1.29 is 33.1 Å². The van der Waals surface area contributed by atoms with Crippen LogP contribution in [0.3, 0.4) is 0 Å². The summed E-state index contributed by atoms with van der Waals surface area (Å²) in [7, 11) is 2.70. The predicted molar refractivity (Wildman–Crippen MR) is 122 cm³/mol. The van der Waals surface area contributed by atoms with Crippen LogP contribution in [0.15, 0.2) is 73.0 Å². The lowest BCUT2D eigenvalue weighted by atomic mass is 10.0. The van der Waals surface area contributed by atoms with Gasteiger partial charge in [-0.05, 0) is 28.8 Å². The second kappa shape index (κ2) is 11.5. The monoisotopic (exact) mass is 467 g/mol. The first-order valence-electron chi connectivity index (χ1n) is 10.1. The van der Waals surface area contributed by atoms with Gasteiger partial charge < -0.3 is 18.9 Å². The van der Waals surface area contributed by atoms with Crippen LogP contribution in [0.1, 0.15) is 16.7 Å². The molecule has 9 heteroatoms. The maximum absolute atomic E-state index is 14.2. The second-order valence-electron chi connectivity index (χ2n) is 7.04. The van der Waals surface area contributed by atoms with E-state index in [1.165, 1.54) is 50.8 Å². The number of carbonyl (C=O) groups is 1. The third-order valence-electron chi connectivity index (χ3n) is 4.74. The number of halogens is 1. The fraction of sp³-hybridized carbons (Fsp3) is 0.160.